The first kappa shape index (κ1) is 36.5. The molecule has 0 aliphatic heterocycles. The fourth-order valence-electron chi connectivity index (χ4n) is 12.5. The molecule has 66 heavy (non-hydrogen) atoms. The second-order valence-electron chi connectivity index (χ2n) is 19.3. The summed E-state index contributed by atoms with van der Waals surface area (Å²) in [7, 11) is 0. The van der Waals surface area contributed by atoms with Gasteiger partial charge in [0.05, 0.1) is 22.1 Å². The second-order valence-corrected chi connectivity index (χ2v) is 19.3. The van der Waals surface area contributed by atoms with E-state index in [1.807, 2.05) is 12.4 Å². The zero-order valence-electron chi connectivity index (χ0n) is 37.0. The van der Waals surface area contributed by atoms with Crippen LogP contribution in [0.2, 0.25) is 0 Å². The molecule has 0 unspecified atom stereocenters. The fourth-order valence-corrected chi connectivity index (χ4v) is 12.5. The van der Waals surface area contributed by atoms with Crippen LogP contribution in [0.3, 0.4) is 0 Å². The van der Waals surface area contributed by atoms with E-state index in [2.05, 4.69) is 169 Å². The van der Waals surface area contributed by atoms with E-state index in [0.717, 1.165) is 50.2 Å². The zero-order valence-corrected chi connectivity index (χ0v) is 37.0. The average molecular weight is 845 g/mol. The topological polar surface area (TPSA) is 35.6 Å². The lowest BCUT2D eigenvalue weighted by atomic mass is 9.84. The Kier molecular flexibility index (Phi) is 7.40. The van der Waals surface area contributed by atoms with Crippen molar-refractivity contribution in [3.8, 4) is 45.0 Å². The van der Waals surface area contributed by atoms with Crippen molar-refractivity contribution in [1.29, 1.82) is 0 Å². The Morgan fingerprint density at radius 3 is 1.21 bits per heavy atom. The quantitative estimate of drug-likeness (QED) is 0.177. The first-order valence-corrected chi connectivity index (χ1v) is 23.7. The summed E-state index contributed by atoms with van der Waals surface area (Å²) in [4.78, 5) is 10.0. The van der Waals surface area contributed by atoms with E-state index in [4.69, 9.17) is 9.97 Å². The molecule has 312 valence electrons. The molecule has 0 atom stereocenters. The van der Waals surface area contributed by atoms with Crippen LogP contribution in [0.5, 0.6) is 0 Å². The minimum absolute atomic E-state index is 0.946. The number of fused-ring (bicyclic) bond motifs is 9. The molecule has 0 N–H and O–H groups in total. The number of aryl methyl sites for hydroxylation is 8. The third-order valence-electron chi connectivity index (χ3n) is 15.6. The van der Waals surface area contributed by atoms with Crippen molar-refractivity contribution in [2.24, 2.45) is 0 Å². The largest absolute Gasteiger partial charge is 0.294 e. The highest BCUT2D eigenvalue weighted by Crippen LogP contribution is 2.46. The molecule has 4 heterocycles. The van der Waals surface area contributed by atoms with Crippen LogP contribution >= 0.6 is 0 Å². The lowest BCUT2D eigenvalue weighted by molar-refractivity contribution is 0.945. The Hall–Kier alpha value is -7.82. The van der Waals surface area contributed by atoms with E-state index in [0.29, 0.717) is 0 Å². The van der Waals surface area contributed by atoms with Crippen molar-refractivity contribution in [2.45, 2.75) is 52.4 Å². The van der Waals surface area contributed by atoms with E-state index in [9.17, 15) is 0 Å². The Bertz CT molecular complexity index is 3850. The van der Waals surface area contributed by atoms with Crippen LogP contribution in [0.15, 0.2) is 158 Å². The molecular formula is C62H44N4. The molecule has 3 aliphatic rings. The molecule has 0 fully saturated rings. The van der Waals surface area contributed by atoms with E-state index >= 15 is 0 Å². The van der Waals surface area contributed by atoms with Gasteiger partial charge in [0.1, 0.15) is 11.6 Å². The molecular weight excluding hydrogens is 801 g/mol. The second kappa shape index (κ2) is 13.4. The predicted octanol–water partition coefficient (Wildman–Crippen LogP) is 14.9. The lowest BCUT2D eigenvalue weighted by Gasteiger charge is -2.21. The van der Waals surface area contributed by atoms with Crippen LogP contribution in [-0.4, -0.2) is 19.1 Å². The summed E-state index contributed by atoms with van der Waals surface area (Å²) in [5.41, 5.74) is 23.5. The summed E-state index contributed by atoms with van der Waals surface area (Å²) >= 11 is 0. The van der Waals surface area contributed by atoms with E-state index in [1.165, 1.54) is 143 Å². The van der Waals surface area contributed by atoms with Gasteiger partial charge in [-0.25, -0.2) is 9.97 Å². The third-order valence-corrected chi connectivity index (χ3v) is 15.6. The van der Waals surface area contributed by atoms with Crippen LogP contribution in [0.25, 0.3) is 110 Å². The molecule has 0 bridgehead atoms. The normalized spacial score (nSPS) is 13.8. The number of pyridine rings is 2. The van der Waals surface area contributed by atoms with Gasteiger partial charge in [0, 0.05) is 33.9 Å². The summed E-state index contributed by atoms with van der Waals surface area (Å²) in [5.74, 6) is 1.89. The van der Waals surface area contributed by atoms with Crippen molar-refractivity contribution >= 4 is 65.2 Å². The maximum Gasteiger partial charge on any atom is 0.137 e. The molecule has 0 saturated carbocycles. The summed E-state index contributed by atoms with van der Waals surface area (Å²) < 4.78 is 4.80. The summed E-state index contributed by atoms with van der Waals surface area (Å²) in [6, 6.07) is 56.0. The molecule has 0 spiro atoms. The van der Waals surface area contributed by atoms with E-state index in [-0.39, 0.29) is 0 Å². The van der Waals surface area contributed by atoms with Gasteiger partial charge in [-0.2, -0.15) is 0 Å². The molecule has 0 saturated heterocycles. The first-order valence-electron chi connectivity index (χ1n) is 23.7. The summed E-state index contributed by atoms with van der Waals surface area (Å²) in [6.45, 7) is 4.32. The number of hydrogen-bond donors (Lipinski definition) is 0. The van der Waals surface area contributed by atoms with Gasteiger partial charge in [0.25, 0.3) is 0 Å². The zero-order chi connectivity index (χ0) is 43.4. The molecule has 8 aromatic carbocycles. The van der Waals surface area contributed by atoms with Gasteiger partial charge >= 0.3 is 0 Å². The Labute approximate surface area is 382 Å². The summed E-state index contributed by atoms with van der Waals surface area (Å²) in [6.07, 6.45) is 10.4. The van der Waals surface area contributed by atoms with Crippen molar-refractivity contribution < 1.29 is 0 Å². The minimum Gasteiger partial charge on any atom is -0.294 e. The van der Waals surface area contributed by atoms with Crippen LogP contribution in [0.1, 0.15) is 44.5 Å². The Balaban J connectivity index is 0.962. The van der Waals surface area contributed by atoms with Crippen molar-refractivity contribution in [3.63, 3.8) is 0 Å². The number of benzene rings is 8. The number of rotatable bonds is 4. The SMILES string of the molecule is Cc1ccnc(-n2c3ccc(-c4ccc5c6c(cccc46)CC5)cc3c3cc4c(cc32)-c2cc3c(cc2CC4)c2cc(-c4ccc5c6c(cccc46)CC5)ccc2n3-c2cc(C)ccn2)c1. The molecule has 0 amide bonds. The average Bonchev–Trinajstić information content (AvgIpc) is 4.12. The molecule has 15 rings (SSSR count). The Morgan fingerprint density at radius 2 is 0.758 bits per heavy atom. The highest BCUT2D eigenvalue weighted by molar-refractivity contribution is 6.15. The molecule has 12 aromatic rings. The number of aromatic nitrogens is 4. The van der Waals surface area contributed by atoms with Crippen LogP contribution in [0, 0.1) is 13.8 Å². The van der Waals surface area contributed by atoms with E-state index in [1.54, 1.807) is 0 Å². The lowest BCUT2D eigenvalue weighted by Crippen LogP contribution is -2.05. The minimum atomic E-state index is 0.946. The smallest absolute Gasteiger partial charge is 0.137 e. The van der Waals surface area contributed by atoms with Crippen LogP contribution < -0.4 is 0 Å². The highest BCUT2D eigenvalue weighted by Gasteiger charge is 2.26. The van der Waals surface area contributed by atoms with Gasteiger partial charge in [0.2, 0.25) is 0 Å². The molecule has 4 nitrogen and oxygen atoms in total. The van der Waals surface area contributed by atoms with Crippen LogP contribution in [-0.2, 0) is 38.5 Å². The Morgan fingerprint density at radius 1 is 0.333 bits per heavy atom. The van der Waals surface area contributed by atoms with Crippen molar-refractivity contribution in [3.05, 3.63) is 202 Å². The number of hydrogen-bond acceptors (Lipinski definition) is 2. The van der Waals surface area contributed by atoms with Crippen molar-refractivity contribution in [1.82, 2.24) is 19.1 Å². The highest BCUT2D eigenvalue weighted by atomic mass is 15.1. The third kappa shape index (κ3) is 5.10. The molecule has 3 aliphatic carbocycles. The first-order chi connectivity index (χ1) is 32.5. The monoisotopic (exact) mass is 844 g/mol. The van der Waals surface area contributed by atoms with Gasteiger partial charge < -0.3 is 0 Å². The van der Waals surface area contributed by atoms with Crippen molar-refractivity contribution in [2.75, 3.05) is 0 Å². The van der Waals surface area contributed by atoms with Gasteiger partial charge in [-0.1, -0.05) is 72.8 Å². The molecule has 4 aromatic heterocycles. The van der Waals surface area contributed by atoms with Gasteiger partial charge in [0.15, 0.2) is 0 Å². The van der Waals surface area contributed by atoms with Gasteiger partial charge in [-0.05, 0) is 225 Å². The maximum atomic E-state index is 5.01. The van der Waals surface area contributed by atoms with Gasteiger partial charge in [-0.15, -0.1) is 0 Å². The van der Waals surface area contributed by atoms with Gasteiger partial charge in [-0.3, -0.25) is 9.13 Å². The van der Waals surface area contributed by atoms with E-state index < -0.39 is 0 Å². The molecule has 0 radical (unpaired) electrons. The predicted molar refractivity (Wildman–Crippen MR) is 274 cm³/mol. The summed E-state index contributed by atoms with van der Waals surface area (Å²) in [5, 5.41) is 10.7. The van der Waals surface area contributed by atoms with Crippen LogP contribution in [0.4, 0.5) is 0 Å². The maximum absolute atomic E-state index is 5.01. The standard InChI is InChI=1S/C62H44N4/c1-35-23-25-63-59(27-35)65-55-21-17-41(45-19-15-39-11-9-37-5-3-7-47(45)61(37)39)29-51(55)53-31-43-13-14-44-32-54-52-30-42(46-20-16-40-12-10-38-6-4-8-48(46)62(38)40)18-22-56(52)66(60-28-36(2)24-26-64-60)58(54)34-50(44)49(43)33-57(53)65/h3-8,15-34H,9-14H2,1-2H3. The number of nitrogens with zero attached hydrogens (tertiary/aromatic N) is 4. The molecule has 4 heteroatoms. The fraction of sp³-hybridized carbons (Fsp3) is 0.129.